The summed E-state index contributed by atoms with van der Waals surface area (Å²) in [7, 11) is 0. The van der Waals surface area contributed by atoms with E-state index in [1.54, 1.807) is 11.8 Å². The maximum absolute atomic E-state index is 4.34. The molecule has 0 fully saturated rings. The van der Waals surface area contributed by atoms with E-state index in [9.17, 15) is 0 Å². The van der Waals surface area contributed by atoms with Crippen molar-refractivity contribution in [2.75, 3.05) is 17.6 Å². The molecule has 1 rings (SSSR count). The molecule has 14 heavy (non-hydrogen) atoms. The molecule has 0 spiro atoms. The van der Waals surface area contributed by atoms with Gasteiger partial charge in [0.2, 0.25) is 0 Å². The summed E-state index contributed by atoms with van der Waals surface area (Å²) >= 11 is 1.75. The molecular formula is C10H17N3S. The van der Waals surface area contributed by atoms with Crippen LogP contribution in [0.15, 0.2) is 11.1 Å². The van der Waals surface area contributed by atoms with Crippen molar-refractivity contribution in [1.29, 1.82) is 0 Å². The summed E-state index contributed by atoms with van der Waals surface area (Å²) in [6, 6.07) is 2.01. The molecule has 0 aliphatic heterocycles. The third-order valence-electron chi connectivity index (χ3n) is 1.66. The fourth-order valence-corrected chi connectivity index (χ4v) is 1.79. The van der Waals surface area contributed by atoms with E-state index in [0.717, 1.165) is 35.4 Å². The molecule has 1 N–H and O–H groups in total. The van der Waals surface area contributed by atoms with Crippen LogP contribution < -0.4 is 5.32 Å². The lowest BCUT2D eigenvalue weighted by Gasteiger charge is -2.06. The Bertz CT molecular complexity index is 289. The summed E-state index contributed by atoms with van der Waals surface area (Å²) in [5, 5.41) is 4.32. The standard InChI is InChI=1S/C10H17N3S/c1-4-6-11-9-7-10(14-5-2)13-8(3)12-9/h7H,4-6H2,1-3H3,(H,11,12,13). The summed E-state index contributed by atoms with van der Waals surface area (Å²) in [4.78, 5) is 8.66. The minimum atomic E-state index is 0.835. The number of thioether (sulfide) groups is 1. The van der Waals surface area contributed by atoms with Crippen molar-refractivity contribution in [2.45, 2.75) is 32.2 Å². The van der Waals surface area contributed by atoms with Crippen molar-refractivity contribution in [1.82, 2.24) is 9.97 Å². The van der Waals surface area contributed by atoms with Gasteiger partial charge in [-0.3, -0.25) is 0 Å². The van der Waals surface area contributed by atoms with Crippen LogP contribution in [-0.4, -0.2) is 22.3 Å². The highest BCUT2D eigenvalue weighted by Gasteiger charge is 2.00. The second-order valence-electron chi connectivity index (χ2n) is 3.00. The van der Waals surface area contributed by atoms with Crippen molar-refractivity contribution < 1.29 is 0 Å². The quantitative estimate of drug-likeness (QED) is 0.600. The molecule has 3 nitrogen and oxygen atoms in total. The van der Waals surface area contributed by atoms with Gasteiger partial charge in [0.05, 0.1) is 0 Å². The molecule has 0 aliphatic carbocycles. The molecule has 0 aromatic carbocycles. The van der Waals surface area contributed by atoms with E-state index in [-0.39, 0.29) is 0 Å². The SMILES string of the molecule is CCCNc1cc(SCC)nc(C)n1. The first-order chi connectivity index (χ1) is 6.76. The van der Waals surface area contributed by atoms with Crippen LogP contribution in [0.5, 0.6) is 0 Å². The van der Waals surface area contributed by atoms with Crippen LogP contribution in [0, 0.1) is 6.92 Å². The number of aryl methyl sites for hydroxylation is 1. The molecule has 78 valence electrons. The number of anilines is 1. The minimum absolute atomic E-state index is 0.835. The molecule has 0 atom stereocenters. The molecule has 0 bridgehead atoms. The summed E-state index contributed by atoms with van der Waals surface area (Å²) < 4.78 is 0. The molecule has 0 unspecified atom stereocenters. The fraction of sp³-hybridized carbons (Fsp3) is 0.600. The molecule has 0 amide bonds. The number of nitrogens with zero attached hydrogens (tertiary/aromatic N) is 2. The van der Waals surface area contributed by atoms with Crippen molar-refractivity contribution in [3.63, 3.8) is 0 Å². The van der Waals surface area contributed by atoms with Crippen LogP contribution >= 0.6 is 11.8 Å². The monoisotopic (exact) mass is 211 g/mol. The molecule has 1 aromatic rings. The average Bonchev–Trinajstić information content (AvgIpc) is 2.14. The Balaban J connectivity index is 2.73. The first-order valence-electron chi connectivity index (χ1n) is 4.98. The summed E-state index contributed by atoms with van der Waals surface area (Å²) in [5.74, 6) is 2.82. The zero-order valence-corrected chi connectivity index (χ0v) is 9.82. The van der Waals surface area contributed by atoms with E-state index in [0.29, 0.717) is 0 Å². The molecule has 4 heteroatoms. The largest absolute Gasteiger partial charge is 0.370 e. The second-order valence-corrected chi connectivity index (χ2v) is 4.28. The van der Waals surface area contributed by atoms with Crippen molar-refractivity contribution in [2.24, 2.45) is 0 Å². The molecule has 1 aromatic heterocycles. The van der Waals surface area contributed by atoms with E-state index in [2.05, 4.69) is 29.1 Å². The Hall–Kier alpha value is -0.770. The van der Waals surface area contributed by atoms with Gasteiger partial charge in [-0.05, 0) is 19.1 Å². The smallest absolute Gasteiger partial charge is 0.130 e. The van der Waals surface area contributed by atoms with Gasteiger partial charge in [0.1, 0.15) is 16.7 Å². The highest BCUT2D eigenvalue weighted by molar-refractivity contribution is 7.99. The fourth-order valence-electron chi connectivity index (χ4n) is 1.11. The molecule has 0 radical (unpaired) electrons. The van der Waals surface area contributed by atoms with Crippen molar-refractivity contribution >= 4 is 17.6 Å². The molecule has 0 saturated heterocycles. The molecule has 0 aliphatic rings. The first-order valence-corrected chi connectivity index (χ1v) is 5.97. The average molecular weight is 211 g/mol. The van der Waals surface area contributed by atoms with Crippen LogP contribution in [0.25, 0.3) is 0 Å². The second kappa shape index (κ2) is 5.86. The third-order valence-corrected chi connectivity index (χ3v) is 2.46. The zero-order chi connectivity index (χ0) is 10.4. The normalized spacial score (nSPS) is 10.2. The van der Waals surface area contributed by atoms with Crippen LogP contribution in [-0.2, 0) is 0 Å². The van der Waals surface area contributed by atoms with E-state index < -0.39 is 0 Å². The van der Waals surface area contributed by atoms with Gasteiger partial charge in [0, 0.05) is 12.6 Å². The van der Waals surface area contributed by atoms with E-state index in [1.807, 2.05) is 13.0 Å². The van der Waals surface area contributed by atoms with Crippen molar-refractivity contribution in [3.8, 4) is 0 Å². The Morgan fingerprint density at radius 1 is 1.36 bits per heavy atom. The molecule has 0 saturated carbocycles. The highest BCUT2D eigenvalue weighted by Crippen LogP contribution is 2.17. The Kier molecular flexibility index (Phi) is 4.73. The number of aromatic nitrogens is 2. The van der Waals surface area contributed by atoms with E-state index >= 15 is 0 Å². The maximum atomic E-state index is 4.34. The van der Waals surface area contributed by atoms with Gasteiger partial charge in [0.25, 0.3) is 0 Å². The Morgan fingerprint density at radius 3 is 2.79 bits per heavy atom. The lowest BCUT2D eigenvalue weighted by molar-refractivity contribution is 0.928. The van der Waals surface area contributed by atoms with Crippen LogP contribution in [0.3, 0.4) is 0 Å². The number of nitrogens with one attached hydrogen (secondary N) is 1. The number of hydrogen-bond donors (Lipinski definition) is 1. The third kappa shape index (κ3) is 3.54. The summed E-state index contributed by atoms with van der Waals surface area (Å²) in [6.07, 6.45) is 1.11. The van der Waals surface area contributed by atoms with Gasteiger partial charge in [0.15, 0.2) is 0 Å². The van der Waals surface area contributed by atoms with Gasteiger partial charge >= 0.3 is 0 Å². The van der Waals surface area contributed by atoms with Gasteiger partial charge in [-0.1, -0.05) is 13.8 Å². The van der Waals surface area contributed by atoms with Crippen LogP contribution in [0.4, 0.5) is 5.82 Å². The first kappa shape index (κ1) is 11.3. The minimum Gasteiger partial charge on any atom is -0.370 e. The summed E-state index contributed by atoms with van der Waals surface area (Å²) in [6.45, 7) is 7.16. The Labute approximate surface area is 89.7 Å². The highest BCUT2D eigenvalue weighted by atomic mass is 32.2. The lowest BCUT2D eigenvalue weighted by atomic mass is 10.4. The maximum Gasteiger partial charge on any atom is 0.130 e. The van der Waals surface area contributed by atoms with E-state index in [4.69, 9.17) is 0 Å². The topological polar surface area (TPSA) is 37.8 Å². The molecule has 1 heterocycles. The predicted octanol–water partition coefficient (Wildman–Crippen LogP) is 2.72. The Morgan fingerprint density at radius 2 is 2.14 bits per heavy atom. The lowest BCUT2D eigenvalue weighted by Crippen LogP contribution is -2.04. The van der Waals surface area contributed by atoms with E-state index in [1.165, 1.54) is 0 Å². The van der Waals surface area contributed by atoms with Crippen LogP contribution in [0.1, 0.15) is 26.1 Å². The number of rotatable bonds is 5. The number of hydrogen-bond acceptors (Lipinski definition) is 4. The van der Waals surface area contributed by atoms with Crippen LogP contribution in [0.2, 0.25) is 0 Å². The van der Waals surface area contributed by atoms with Gasteiger partial charge in [-0.2, -0.15) is 0 Å². The molecular weight excluding hydrogens is 194 g/mol. The van der Waals surface area contributed by atoms with Crippen molar-refractivity contribution in [3.05, 3.63) is 11.9 Å². The zero-order valence-electron chi connectivity index (χ0n) is 9.00. The van der Waals surface area contributed by atoms with Gasteiger partial charge < -0.3 is 5.32 Å². The predicted molar refractivity (Wildman–Crippen MR) is 61.9 cm³/mol. The summed E-state index contributed by atoms with van der Waals surface area (Å²) in [5.41, 5.74) is 0. The van der Waals surface area contributed by atoms with Gasteiger partial charge in [-0.25, -0.2) is 9.97 Å². The van der Waals surface area contributed by atoms with Gasteiger partial charge in [-0.15, -0.1) is 11.8 Å².